The number of halogens is 1. The van der Waals surface area contributed by atoms with Gasteiger partial charge in [-0.15, -0.1) is 0 Å². The number of hydrogen-bond acceptors (Lipinski definition) is 2. The lowest BCUT2D eigenvalue weighted by Gasteiger charge is -2.25. The van der Waals surface area contributed by atoms with Gasteiger partial charge in [0.15, 0.2) is 0 Å². The normalized spacial score (nSPS) is 20.0. The topological polar surface area (TPSA) is 32.3 Å². The van der Waals surface area contributed by atoms with Gasteiger partial charge in [0.2, 0.25) is 0 Å². The summed E-state index contributed by atoms with van der Waals surface area (Å²) in [6, 6.07) is 4.82. The van der Waals surface area contributed by atoms with Crippen LogP contribution >= 0.6 is 0 Å². The smallest absolute Gasteiger partial charge is 0.123 e. The van der Waals surface area contributed by atoms with Crippen LogP contribution in [0.3, 0.4) is 0 Å². The van der Waals surface area contributed by atoms with Crippen LogP contribution in [0.25, 0.3) is 0 Å². The monoisotopic (exact) mass is 195 g/mol. The molecule has 0 fully saturated rings. The van der Waals surface area contributed by atoms with Crippen molar-refractivity contribution in [1.82, 2.24) is 0 Å². The molecule has 1 aromatic carbocycles. The molecule has 1 unspecified atom stereocenters. The van der Waals surface area contributed by atoms with E-state index in [2.05, 4.69) is 5.32 Å². The molecule has 0 aromatic heterocycles. The number of nitrogens with one attached hydrogen (secondary N) is 1. The largest absolute Gasteiger partial charge is 0.396 e. The molecular weight excluding hydrogens is 181 g/mol. The zero-order valence-corrected chi connectivity index (χ0v) is 7.96. The number of aliphatic hydroxyl groups is 1. The highest BCUT2D eigenvalue weighted by Crippen LogP contribution is 2.26. The minimum absolute atomic E-state index is 0.185. The molecule has 1 aliphatic heterocycles. The van der Waals surface area contributed by atoms with Crippen LogP contribution in [-0.2, 0) is 6.42 Å². The predicted molar refractivity (Wildman–Crippen MR) is 53.8 cm³/mol. The number of aliphatic hydroxyl groups excluding tert-OH is 1. The maximum atomic E-state index is 12.9. The van der Waals surface area contributed by atoms with E-state index in [4.69, 9.17) is 5.11 Å². The average Bonchev–Trinajstić information content (AvgIpc) is 2.17. The lowest BCUT2D eigenvalue weighted by atomic mass is 9.92. The number of hydrogen-bond donors (Lipinski definition) is 2. The van der Waals surface area contributed by atoms with E-state index in [-0.39, 0.29) is 12.4 Å². The van der Waals surface area contributed by atoms with Crippen molar-refractivity contribution in [2.45, 2.75) is 12.8 Å². The molecule has 1 atom stereocenters. The summed E-state index contributed by atoms with van der Waals surface area (Å²) in [6.45, 7) is 1.08. The molecule has 2 nitrogen and oxygen atoms in total. The fraction of sp³-hybridized carbons (Fsp3) is 0.455. The summed E-state index contributed by atoms with van der Waals surface area (Å²) in [6.07, 6.45) is 1.64. The van der Waals surface area contributed by atoms with Crippen LogP contribution in [0.15, 0.2) is 18.2 Å². The first-order chi connectivity index (χ1) is 6.79. The van der Waals surface area contributed by atoms with Crippen molar-refractivity contribution in [1.29, 1.82) is 0 Å². The lowest BCUT2D eigenvalue weighted by molar-refractivity contribution is 0.258. The Labute approximate surface area is 82.8 Å². The van der Waals surface area contributed by atoms with Crippen molar-refractivity contribution in [3.8, 4) is 0 Å². The summed E-state index contributed by atoms with van der Waals surface area (Å²) < 4.78 is 12.9. The van der Waals surface area contributed by atoms with Gasteiger partial charge in [-0.1, -0.05) is 0 Å². The summed E-state index contributed by atoms with van der Waals surface area (Å²) in [5, 5.41) is 12.1. The summed E-state index contributed by atoms with van der Waals surface area (Å²) in [5.74, 6) is 0.240. The molecule has 1 aromatic rings. The molecular formula is C11H14FNO. The Balaban J connectivity index is 2.16. The Morgan fingerprint density at radius 2 is 2.36 bits per heavy atom. The highest BCUT2D eigenvalue weighted by molar-refractivity contribution is 5.53. The van der Waals surface area contributed by atoms with Gasteiger partial charge in [0, 0.05) is 18.8 Å². The zero-order chi connectivity index (χ0) is 9.97. The van der Waals surface area contributed by atoms with Crippen molar-refractivity contribution in [3.05, 3.63) is 29.6 Å². The quantitative estimate of drug-likeness (QED) is 0.754. The van der Waals surface area contributed by atoms with Gasteiger partial charge < -0.3 is 10.4 Å². The van der Waals surface area contributed by atoms with Crippen molar-refractivity contribution in [3.63, 3.8) is 0 Å². The Morgan fingerprint density at radius 1 is 1.50 bits per heavy atom. The van der Waals surface area contributed by atoms with E-state index in [1.54, 1.807) is 12.1 Å². The van der Waals surface area contributed by atoms with Crippen molar-refractivity contribution in [2.75, 3.05) is 18.5 Å². The maximum absolute atomic E-state index is 12.9. The van der Waals surface area contributed by atoms with E-state index in [1.807, 2.05) is 0 Å². The van der Waals surface area contributed by atoms with E-state index in [1.165, 1.54) is 6.07 Å². The van der Waals surface area contributed by atoms with Gasteiger partial charge in [-0.05, 0) is 42.5 Å². The average molecular weight is 195 g/mol. The Morgan fingerprint density at radius 3 is 3.14 bits per heavy atom. The number of benzene rings is 1. The molecule has 0 bridgehead atoms. The minimum Gasteiger partial charge on any atom is -0.396 e. The van der Waals surface area contributed by atoms with Crippen molar-refractivity contribution < 1.29 is 9.50 Å². The third-order valence-corrected chi connectivity index (χ3v) is 2.69. The molecule has 0 amide bonds. The van der Waals surface area contributed by atoms with Gasteiger partial charge in [0.25, 0.3) is 0 Å². The van der Waals surface area contributed by atoms with Gasteiger partial charge in [0.1, 0.15) is 5.82 Å². The van der Waals surface area contributed by atoms with Crippen LogP contribution in [0.5, 0.6) is 0 Å². The molecule has 1 aliphatic rings. The molecule has 2 N–H and O–H groups in total. The Bertz CT molecular complexity index is 327. The van der Waals surface area contributed by atoms with Crippen LogP contribution in [0.1, 0.15) is 12.0 Å². The van der Waals surface area contributed by atoms with E-state index in [0.717, 1.165) is 30.6 Å². The SMILES string of the molecule is OCCC1CNc2ccc(F)cc2C1. The Hall–Kier alpha value is -1.09. The van der Waals surface area contributed by atoms with Crippen LogP contribution in [0.4, 0.5) is 10.1 Å². The second-order valence-corrected chi connectivity index (χ2v) is 3.76. The second kappa shape index (κ2) is 3.96. The van der Waals surface area contributed by atoms with Gasteiger partial charge in [-0.3, -0.25) is 0 Å². The van der Waals surface area contributed by atoms with Crippen LogP contribution in [-0.4, -0.2) is 18.3 Å². The summed E-state index contributed by atoms with van der Waals surface area (Å²) in [5.41, 5.74) is 2.05. The third kappa shape index (κ3) is 1.87. The van der Waals surface area contributed by atoms with E-state index in [0.29, 0.717) is 5.92 Å². The lowest BCUT2D eigenvalue weighted by Crippen LogP contribution is -2.24. The number of fused-ring (bicyclic) bond motifs is 1. The second-order valence-electron chi connectivity index (χ2n) is 3.76. The molecule has 2 rings (SSSR count). The first-order valence-corrected chi connectivity index (χ1v) is 4.93. The molecule has 0 saturated heterocycles. The highest BCUT2D eigenvalue weighted by Gasteiger charge is 2.17. The number of rotatable bonds is 2. The molecule has 76 valence electrons. The first-order valence-electron chi connectivity index (χ1n) is 4.93. The molecule has 0 saturated carbocycles. The molecule has 0 radical (unpaired) electrons. The molecule has 14 heavy (non-hydrogen) atoms. The predicted octanol–water partition coefficient (Wildman–Crippen LogP) is 1.79. The van der Waals surface area contributed by atoms with Gasteiger partial charge in [0.05, 0.1) is 0 Å². The first kappa shape index (κ1) is 9.46. The molecule has 0 aliphatic carbocycles. The molecule has 3 heteroatoms. The van der Waals surface area contributed by atoms with Crippen LogP contribution in [0, 0.1) is 11.7 Å². The van der Waals surface area contributed by atoms with E-state index < -0.39 is 0 Å². The minimum atomic E-state index is -0.185. The van der Waals surface area contributed by atoms with Gasteiger partial charge in [-0.2, -0.15) is 0 Å². The van der Waals surface area contributed by atoms with Crippen LogP contribution < -0.4 is 5.32 Å². The van der Waals surface area contributed by atoms with Crippen molar-refractivity contribution in [2.24, 2.45) is 5.92 Å². The highest BCUT2D eigenvalue weighted by atomic mass is 19.1. The fourth-order valence-corrected chi connectivity index (χ4v) is 1.93. The van der Waals surface area contributed by atoms with Gasteiger partial charge in [-0.25, -0.2) is 4.39 Å². The Kier molecular flexibility index (Phi) is 2.68. The van der Waals surface area contributed by atoms with E-state index >= 15 is 0 Å². The molecule has 0 spiro atoms. The van der Waals surface area contributed by atoms with Crippen LogP contribution in [0.2, 0.25) is 0 Å². The third-order valence-electron chi connectivity index (χ3n) is 2.69. The standard InChI is InChI=1S/C11H14FNO/c12-10-1-2-11-9(6-10)5-8(3-4-14)7-13-11/h1-2,6,8,13-14H,3-5,7H2. The van der Waals surface area contributed by atoms with E-state index in [9.17, 15) is 4.39 Å². The zero-order valence-electron chi connectivity index (χ0n) is 7.96. The van der Waals surface area contributed by atoms with Gasteiger partial charge >= 0.3 is 0 Å². The summed E-state index contributed by atoms with van der Waals surface area (Å²) in [4.78, 5) is 0. The summed E-state index contributed by atoms with van der Waals surface area (Å²) >= 11 is 0. The maximum Gasteiger partial charge on any atom is 0.123 e. The number of anilines is 1. The summed E-state index contributed by atoms with van der Waals surface area (Å²) in [7, 11) is 0. The molecule has 1 heterocycles. The fourth-order valence-electron chi connectivity index (χ4n) is 1.93. The van der Waals surface area contributed by atoms with Crippen molar-refractivity contribution >= 4 is 5.69 Å².